The predicted octanol–water partition coefficient (Wildman–Crippen LogP) is 2.18. The average molecular weight is 284 g/mol. The third-order valence-corrected chi connectivity index (χ3v) is 2.18. The smallest absolute Gasteiger partial charge is 0.366 e. The molecule has 0 unspecified atom stereocenters. The highest BCUT2D eigenvalue weighted by Crippen LogP contribution is 2.28. The van der Waals surface area contributed by atoms with Crippen LogP contribution in [0.25, 0.3) is 0 Å². The molecule has 7 heteroatoms. The van der Waals surface area contributed by atoms with Gasteiger partial charge in [-0.3, -0.25) is 9.59 Å². The van der Waals surface area contributed by atoms with Crippen LogP contribution in [0, 0.1) is 0 Å². The van der Waals surface area contributed by atoms with Crippen molar-refractivity contribution >= 4 is 5.91 Å². The largest absolute Gasteiger partial charge is 0.416 e. The number of carbonyl (C=O) groups is 1. The number of benzene rings is 1. The summed E-state index contributed by atoms with van der Waals surface area (Å²) in [5, 5.41) is 0. The van der Waals surface area contributed by atoms with Gasteiger partial charge in [0.25, 0.3) is 0 Å². The van der Waals surface area contributed by atoms with E-state index in [2.05, 4.69) is 4.98 Å². The van der Waals surface area contributed by atoms with Crippen LogP contribution < -0.4 is 11.3 Å². The number of hydrogen-bond acceptors (Lipinski definition) is 2. The second kappa shape index (κ2) is 6.55. The van der Waals surface area contributed by atoms with E-state index in [1.54, 1.807) is 18.3 Å². The molecule has 1 heterocycles. The molecule has 1 aromatic heterocycles. The standard InChI is InChI=1S/C8H6F3NO.C5H5NO/c9-8(10,11)6-3-1-5(2-4-6)7(12)13;7-5-3-1-2-4-6-5/h1-4H,(H2,12,13);1-4H,(H,6,7). The highest BCUT2D eigenvalue weighted by molar-refractivity contribution is 5.92. The molecule has 0 fully saturated rings. The van der Waals surface area contributed by atoms with Gasteiger partial charge in [-0.1, -0.05) is 6.07 Å². The number of amides is 1. The van der Waals surface area contributed by atoms with Crippen molar-refractivity contribution in [2.24, 2.45) is 5.73 Å². The molecule has 0 aliphatic rings. The first kappa shape index (κ1) is 15.5. The van der Waals surface area contributed by atoms with Crippen molar-refractivity contribution < 1.29 is 18.0 Å². The Hall–Kier alpha value is -2.57. The zero-order valence-electron chi connectivity index (χ0n) is 10.1. The average Bonchev–Trinajstić information content (AvgIpc) is 2.39. The summed E-state index contributed by atoms with van der Waals surface area (Å²) in [6.45, 7) is 0. The number of aromatic nitrogens is 1. The first-order chi connectivity index (χ1) is 9.30. The molecule has 3 N–H and O–H groups in total. The fourth-order valence-electron chi connectivity index (χ4n) is 1.20. The molecular weight excluding hydrogens is 273 g/mol. The molecule has 106 valence electrons. The summed E-state index contributed by atoms with van der Waals surface area (Å²) in [5.74, 6) is -0.742. The van der Waals surface area contributed by atoms with Crippen LogP contribution in [0.15, 0.2) is 53.5 Å². The van der Waals surface area contributed by atoms with Gasteiger partial charge in [-0.2, -0.15) is 13.2 Å². The van der Waals surface area contributed by atoms with Gasteiger partial charge in [-0.15, -0.1) is 0 Å². The summed E-state index contributed by atoms with van der Waals surface area (Å²) in [7, 11) is 0. The maximum Gasteiger partial charge on any atom is 0.416 e. The number of aromatic amines is 1. The molecule has 4 nitrogen and oxygen atoms in total. The lowest BCUT2D eigenvalue weighted by atomic mass is 10.1. The molecular formula is C13H11F3N2O2. The van der Waals surface area contributed by atoms with Crippen LogP contribution >= 0.6 is 0 Å². The van der Waals surface area contributed by atoms with Crippen molar-refractivity contribution in [2.45, 2.75) is 6.18 Å². The monoisotopic (exact) mass is 284 g/mol. The minimum absolute atomic E-state index is 0.0532. The number of pyridine rings is 1. The number of nitrogens with two attached hydrogens (primary N) is 1. The second-order valence-corrected chi connectivity index (χ2v) is 3.67. The highest BCUT2D eigenvalue weighted by Gasteiger charge is 2.30. The number of hydrogen-bond donors (Lipinski definition) is 2. The van der Waals surface area contributed by atoms with E-state index in [0.717, 1.165) is 24.3 Å². The van der Waals surface area contributed by atoms with Gasteiger partial charge in [-0.25, -0.2) is 0 Å². The van der Waals surface area contributed by atoms with Crippen molar-refractivity contribution in [2.75, 3.05) is 0 Å². The quantitative estimate of drug-likeness (QED) is 0.842. The predicted molar refractivity (Wildman–Crippen MR) is 67.0 cm³/mol. The van der Waals surface area contributed by atoms with Crippen LogP contribution in [-0.4, -0.2) is 10.9 Å². The Morgan fingerprint density at radius 1 is 1.05 bits per heavy atom. The molecule has 0 saturated heterocycles. The number of primary amides is 1. The summed E-state index contributed by atoms with van der Waals surface area (Å²) < 4.78 is 36.0. The second-order valence-electron chi connectivity index (χ2n) is 3.67. The molecule has 0 saturated carbocycles. The minimum Gasteiger partial charge on any atom is -0.366 e. The Kier molecular flexibility index (Phi) is 5.08. The maximum atomic E-state index is 12.0. The van der Waals surface area contributed by atoms with Crippen LogP contribution in [0.2, 0.25) is 0 Å². The molecule has 0 atom stereocenters. The molecule has 0 aliphatic heterocycles. The van der Waals surface area contributed by atoms with Crippen molar-refractivity contribution in [3.63, 3.8) is 0 Å². The van der Waals surface area contributed by atoms with Gasteiger partial charge in [-0.05, 0) is 30.3 Å². The third-order valence-electron chi connectivity index (χ3n) is 2.18. The lowest BCUT2D eigenvalue weighted by molar-refractivity contribution is -0.137. The van der Waals surface area contributed by atoms with Crippen LogP contribution in [0.3, 0.4) is 0 Å². The van der Waals surface area contributed by atoms with E-state index in [1.165, 1.54) is 6.07 Å². The van der Waals surface area contributed by atoms with Gasteiger partial charge in [0.05, 0.1) is 5.56 Å². The summed E-state index contributed by atoms with van der Waals surface area (Å²) in [6, 6.07) is 8.66. The van der Waals surface area contributed by atoms with Crippen molar-refractivity contribution in [3.8, 4) is 0 Å². The lowest BCUT2D eigenvalue weighted by Crippen LogP contribution is -2.11. The molecule has 0 aliphatic carbocycles. The molecule has 20 heavy (non-hydrogen) atoms. The van der Waals surface area contributed by atoms with E-state index in [-0.39, 0.29) is 11.1 Å². The van der Waals surface area contributed by atoms with Crippen LogP contribution in [-0.2, 0) is 6.18 Å². The van der Waals surface area contributed by atoms with Gasteiger partial charge < -0.3 is 10.7 Å². The van der Waals surface area contributed by atoms with Crippen molar-refractivity contribution in [3.05, 3.63) is 70.1 Å². The Morgan fingerprint density at radius 3 is 1.95 bits per heavy atom. The van der Waals surface area contributed by atoms with E-state index in [0.29, 0.717) is 0 Å². The molecule has 0 radical (unpaired) electrons. The first-order valence-electron chi connectivity index (χ1n) is 5.41. The number of rotatable bonds is 1. The number of nitrogens with one attached hydrogen (secondary N) is 1. The van der Waals surface area contributed by atoms with Crippen molar-refractivity contribution in [1.82, 2.24) is 4.98 Å². The van der Waals surface area contributed by atoms with Gasteiger partial charge in [0.2, 0.25) is 11.5 Å². The van der Waals surface area contributed by atoms with Gasteiger partial charge >= 0.3 is 6.18 Å². The maximum absolute atomic E-state index is 12.0. The fourth-order valence-corrected chi connectivity index (χ4v) is 1.20. The van der Waals surface area contributed by atoms with E-state index < -0.39 is 17.6 Å². The third kappa shape index (κ3) is 4.97. The fraction of sp³-hybridized carbons (Fsp3) is 0.0769. The Labute approximate surface area is 112 Å². The van der Waals surface area contributed by atoms with Crippen LogP contribution in [0.5, 0.6) is 0 Å². The zero-order chi connectivity index (χ0) is 15.2. The Bertz CT molecular complexity index is 601. The van der Waals surface area contributed by atoms with Gasteiger partial charge in [0.1, 0.15) is 0 Å². The topological polar surface area (TPSA) is 76.0 Å². The van der Waals surface area contributed by atoms with Gasteiger partial charge in [0, 0.05) is 17.8 Å². The summed E-state index contributed by atoms with van der Waals surface area (Å²) in [5.41, 5.74) is 4.07. The van der Waals surface area contributed by atoms with Crippen molar-refractivity contribution in [1.29, 1.82) is 0 Å². The van der Waals surface area contributed by atoms with Gasteiger partial charge in [0.15, 0.2) is 0 Å². The van der Waals surface area contributed by atoms with E-state index in [1.807, 2.05) is 0 Å². The normalized spacial score (nSPS) is 10.3. The highest BCUT2D eigenvalue weighted by atomic mass is 19.4. The number of H-pyrrole nitrogens is 1. The lowest BCUT2D eigenvalue weighted by Gasteiger charge is -2.05. The SMILES string of the molecule is NC(=O)c1ccc(C(F)(F)F)cc1.O=c1cccc[nH]1. The summed E-state index contributed by atoms with van der Waals surface area (Å²) in [4.78, 5) is 23.2. The Morgan fingerprint density at radius 2 is 1.65 bits per heavy atom. The zero-order valence-corrected chi connectivity index (χ0v) is 10.1. The number of alkyl halides is 3. The molecule has 2 aromatic rings. The first-order valence-corrected chi connectivity index (χ1v) is 5.41. The summed E-state index contributed by atoms with van der Waals surface area (Å²) >= 11 is 0. The minimum atomic E-state index is -4.38. The van der Waals surface area contributed by atoms with E-state index in [4.69, 9.17) is 5.73 Å². The molecule has 1 aromatic carbocycles. The van der Waals surface area contributed by atoms with Crippen LogP contribution in [0.1, 0.15) is 15.9 Å². The molecule has 0 spiro atoms. The number of halogens is 3. The Balaban J connectivity index is 0.000000240. The molecule has 1 amide bonds. The summed E-state index contributed by atoms with van der Waals surface area (Å²) in [6.07, 6.45) is -2.78. The number of carbonyl (C=O) groups excluding carboxylic acids is 1. The van der Waals surface area contributed by atoms with E-state index >= 15 is 0 Å². The molecule has 0 bridgehead atoms. The van der Waals surface area contributed by atoms with E-state index in [9.17, 15) is 22.8 Å². The van der Waals surface area contributed by atoms with Crippen LogP contribution in [0.4, 0.5) is 13.2 Å². The molecule has 2 rings (SSSR count).